The second-order valence-electron chi connectivity index (χ2n) is 11.9. The number of ether oxygens (including phenoxy) is 1. The smallest absolute Gasteiger partial charge is 0.310 e. The predicted octanol–water partition coefficient (Wildman–Crippen LogP) is 7.67. The lowest BCUT2D eigenvalue weighted by atomic mass is 9.82. The van der Waals surface area contributed by atoms with E-state index in [2.05, 4.69) is 34.0 Å². The van der Waals surface area contributed by atoms with Crippen LogP contribution in [0.1, 0.15) is 54.2 Å². The largest absolute Gasteiger partial charge is 0.487 e. The Balaban J connectivity index is 1.22. The Morgan fingerprint density at radius 3 is 2.59 bits per heavy atom. The number of aromatic nitrogens is 4. The number of aliphatic carboxylic acids is 1. The van der Waals surface area contributed by atoms with Crippen LogP contribution in [0.15, 0.2) is 83.4 Å². The summed E-state index contributed by atoms with van der Waals surface area (Å²) in [5, 5.41) is 15.5. The van der Waals surface area contributed by atoms with Crippen LogP contribution in [0.2, 0.25) is 0 Å². The van der Waals surface area contributed by atoms with Crippen molar-refractivity contribution in [1.29, 1.82) is 0 Å². The molecule has 0 spiro atoms. The molecule has 1 N–H and O–H groups in total. The minimum atomic E-state index is -0.793. The summed E-state index contributed by atoms with van der Waals surface area (Å²) in [6.45, 7) is 4.76. The van der Waals surface area contributed by atoms with Crippen molar-refractivity contribution in [2.24, 2.45) is 5.41 Å². The first-order chi connectivity index (χ1) is 21.4. The molecule has 0 aliphatic heterocycles. The van der Waals surface area contributed by atoms with Crippen molar-refractivity contribution in [3.05, 3.63) is 107 Å². The fourth-order valence-electron chi connectivity index (χ4n) is 6.63. The van der Waals surface area contributed by atoms with Crippen LogP contribution >= 0.6 is 0 Å². The third-order valence-corrected chi connectivity index (χ3v) is 8.94. The Hall–Kier alpha value is -4.98. The van der Waals surface area contributed by atoms with Crippen molar-refractivity contribution in [1.82, 2.24) is 19.7 Å². The molecule has 0 saturated heterocycles. The molecular weight excluding hydrogens is 552 g/mol. The van der Waals surface area contributed by atoms with Crippen LogP contribution in [0.25, 0.3) is 33.1 Å². The van der Waals surface area contributed by atoms with Gasteiger partial charge in [0.25, 0.3) is 0 Å². The van der Waals surface area contributed by atoms with Gasteiger partial charge in [-0.05, 0) is 68.1 Å². The van der Waals surface area contributed by atoms with Gasteiger partial charge in [0.05, 0.1) is 33.4 Å². The van der Waals surface area contributed by atoms with Gasteiger partial charge >= 0.3 is 5.97 Å². The third kappa shape index (κ3) is 5.21. The molecule has 0 amide bonds. The maximum Gasteiger partial charge on any atom is 0.310 e. The molecule has 8 nitrogen and oxygen atoms in total. The van der Waals surface area contributed by atoms with Crippen LogP contribution in [0.5, 0.6) is 5.75 Å². The van der Waals surface area contributed by atoms with Crippen LogP contribution < -0.4 is 4.74 Å². The highest BCUT2D eigenvalue weighted by atomic mass is 16.5. The quantitative estimate of drug-likeness (QED) is 0.185. The highest BCUT2D eigenvalue weighted by molar-refractivity contribution is 5.80. The summed E-state index contributed by atoms with van der Waals surface area (Å²) >= 11 is 0. The number of rotatable bonds is 9. The monoisotopic (exact) mass is 586 g/mol. The zero-order chi connectivity index (χ0) is 30.3. The van der Waals surface area contributed by atoms with E-state index in [4.69, 9.17) is 19.2 Å². The number of nitrogens with zero attached hydrogens (tertiary/aromatic N) is 4. The van der Waals surface area contributed by atoms with Crippen LogP contribution in [0.3, 0.4) is 0 Å². The Labute approximate surface area is 255 Å². The van der Waals surface area contributed by atoms with Crippen LogP contribution in [-0.4, -0.2) is 30.8 Å². The molecule has 222 valence electrons. The SMILES string of the molecule is Cc1noc(C)c1-c1cccc(Cn2c(CC3(C(=O)O)CCCC3)nc3cc(OCc4ccc5ccccc5n4)ccc32)c1. The summed E-state index contributed by atoms with van der Waals surface area (Å²) in [5.74, 6) is 1.52. The summed E-state index contributed by atoms with van der Waals surface area (Å²) in [5.41, 5.74) is 6.69. The van der Waals surface area contributed by atoms with E-state index >= 15 is 0 Å². The average Bonchev–Trinajstić information content (AvgIpc) is 3.74. The zero-order valence-electron chi connectivity index (χ0n) is 24.9. The number of aryl methyl sites for hydroxylation is 2. The van der Waals surface area contributed by atoms with E-state index < -0.39 is 11.4 Å². The fraction of sp³-hybridized carbons (Fsp3) is 0.278. The molecule has 0 bridgehead atoms. The Morgan fingerprint density at radius 1 is 0.955 bits per heavy atom. The molecule has 0 unspecified atom stereocenters. The third-order valence-electron chi connectivity index (χ3n) is 8.94. The van der Waals surface area contributed by atoms with Gasteiger partial charge in [0.2, 0.25) is 0 Å². The van der Waals surface area contributed by atoms with E-state index in [0.29, 0.717) is 38.2 Å². The number of pyridine rings is 1. The first kappa shape index (κ1) is 27.8. The molecule has 0 radical (unpaired) electrons. The molecule has 7 rings (SSSR count). The van der Waals surface area contributed by atoms with E-state index in [1.54, 1.807) is 0 Å². The van der Waals surface area contributed by atoms with Gasteiger partial charge in [0.15, 0.2) is 0 Å². The van der Waals surface area contributed by atoms with Crippen LogP contribution in [0, 0.1) is 19.3 Å². The van der Waals surface area contributed by atoms with Crippen molar-refractivity contribution < 1.29 is 19.2 Å². The van der Waals surface area contributed by atoms with E-state index in [9.17, 15) is 9.90 Å². The fourth-order valence-corrected chi connectivity index (χ4v) is 6.63. The molecular formula is C36H34N4O4. The molecule has 3 aromatic carbocycles. The maximum atomic E-state index is 12.5. The number of carbonyl (C=O) groups is 1. The summed E-state index contributed by atoms with van der Waals surface area (Å²) in [4.78, 5) is 22.3. The minimum Gasteiger partial charge on any atom is -0.487 e. The normalized spacial score (nSPS) is 14.4. The van der Waals surface area contributed by atoms with Crippen molar-refractivity contribution in [3.63, 3.8) is 0 Å². The number of para-hydroxylation sites is 1. The molecule has 3 heterocycles. The number of carboxylic acids is 1. The average molecular weight is 587 g/mol. The second-order valence-corrected chi connectivity index (χ2v) is 11.9. The summed E-state index contributed by atoms with van der Waals surface area (Å²) in [7, 11) is 0. The van der Waals surface area contributed by atoms with Gasteiger partial charge in [-0.15, -0.1) is 0 Å². The number of hydrogen-bond donors (Lipinski definition) is 1. The summed E-state index contributed by atoms with van der Waals surface area (Å²) in [6, 6.07) is 26.3. The van der Waals surface area contributed by atoms with Crippen molar-refractivity contribution in [2.45, 2.75) is 59.1 Å². The number of benzene rings is 3. The molecule has 6 aromatic rings. The first-order valence-electron chi connectivity index (χ1n) is 15.1. The molecule has 3 aromatic heterocycles. The lowest BCUT2D eigenvalue weighted by Crippen LogP contribution is -2.31. The standard InChI is InChI=1S/C36H34N4O4/c1-23-34(24(2)44-39-23)27-10-7-8-25(18-27)21-40-32-15-14-29(43-22-28-13-12-26-9-3-4-11-30(26)37-28)19-31(32)38-33(40)20-36(35(41)42)16-5-6-17-36/h3-4,7-15,18-19H,5-6,16-17,20-22H2,1-2H3,(H,41,42). The highest BCUT2D eigenvalue weighted by Crippen LogP contribution is 2.42. The molecule has 0 atom stereocenters. The molecule has 1 aliphatic carbocycles. The van der Waals surface area contributed by atoms with Gasteiger partial charge < -0.3 is 18.9 Å². The first-order valence-corrected chi connectivity index (χ1v) is 15.1. The predicted molar refractivity (Wildman–Crippen MR) is 169 cm³/mol. The van der Waals surface area contributed by atoms with Gasteiger partial charge in [-0.25, -0.2) is 9.97 Å². The summed E-state index contributed by atoms with van der Waals surface area (Å²) in [6.07, 6.45) is 3.57. The van der Waals surface area contributed by atoms with E-state index in [-0.39, 0.29) is 0 Å². The molecule has 1 fully saturated rings. The van der Waals surface area contributed by atoms with Gasteiger partial charge in [-0.1, -0.05) is 60.5 Å². The Bertz CT molecular complexity index is 1980. The lowest BCUT2D eigenvalue weighted by Gasteiger charge is -2.24. The van der Waals surface area contributed by atoms with E-state index in [1.165, 1.54) is 0 Å². The summed E-state index contributed by atoms with van der Waals surface area (Å²) < 4.78 is 13.8. The van der Waals surface area contributed by atoms with E-state index in [0.717, 1.165) is 74.4 Å². The number of hydrogen-bond acceptors (Lipinski definition) is 6. The van der Waals surface area contributed by atoms with Gasteiger partial charge in [0.1, 0.15) is 23.9 Å². The topological polar surface area (TPSA) is 103 Å². The lowest BCUT2D eigenvalue weighted by molar-refractivity contribution is -0.148. The molecule has 8 heteroatoms. The van der Waals surface area contributed by atoms with Gasteiger partial charge in [0, 0.05) is 30.0 Å². The van der Waals surface area contributed by atoms with Crippen molar-refractivity contribution in [3.8, 4) is 16.9 Å². The van der Waals surface area contributed by atoms with Crippen LogP contribution in [0.4, 0.5) is 0 Å². The Kier molecular flexibility index (Phi) is 7.12. The second kappa shape index (κ2) is 11.3. The van der Waals surface area contributed by atoms with E-state index in [1.807, 2.05) is 68.4 Å². The number of imidazole rings is 1. The molecule has 44 heavy (non-hydrogen) atoms. The maximum absolute atomic E-state index is 12.5. The van der Waals surface area contributed by atoms with Crippen LogP contribution in [-0.2, 0) is 24.4 Å². The van der Waals surface area contributed by atoms with Gasteiger partial charge in [-0.3, -0.25) is 4.79 Å². The zero-order valence-corrected chi connectivity index (χ0v) is 24.9. The number of carboxylic acid groups (broad SMARTS) is 1. The number of fused-ring (bicyclic) bond motifs is 2. The highest BCUT2D eigenvalue weighted by Gasteiger charge is 2.42. The van der Waals surface area contributed by atoms with Crippen molar-refractivity contribution >= 4 is 27.9 Å². The Morgan fingerprint density at radius 2 is 1.80 bits per heavy atom. The van der Waals surface area contributed by atoms with Crippen molar-refractivity contribution in [2.75, 3.05) is 0 Å². The molecule has 1 aliphatic rings. The van der Waals surface area contributed by atoms with Gasteiger partial charge in [-0.2, -0.15) is 0 Å². The minimum absolute atomic E-state index is 0.334. The molecule has 1 saturated carbocycles.